The van der Waals surface area contributed by atoms with Gasteiger partial charge in [0.15, 0.2) is 0 Å². The molecule has 6 heteroatoms. The highest BCUT2D eigenvalue weighted by Gasteiger charge is 2.18. The fraction of sp³-hybridized carbons (Fsp3) is 0.700. The number of carbonyl (C=O) groups excluding carboxylic acids is 1. The van der Waals surface area contributed by atoms with Gasteiger partial charge in [-0.1, -0.05) is 0 Å². The number of carboxylic acids is 1. The van der Waals surface area contributed by atoms with Crippen molar-refractivity contribution in [3.05, 3.63) is 0 Å². The number of unbranched alkanes of at least 4 members (excludes halogenated alkanes) is 2. The first-order valence-electron chi connectivity index (χ1n) is 5.00. The molecule has 0 radical (unpaired) electrons. The van der Waals surface area contributed by atoms with Gasteiger partial charge in [0, 0.05) is 13.5 Å². The van der Waals surface area contributed by atoms with Crippen molar-refractivity contribution in [2.24, 2.45) is 0 Å². The van der Waals surface area contributed by atoms with E-state index in [2.05, 4.69) is 10.1 Å². The Morgan fingerprint density at radius 1 is 1.50 bits per heavy atom. The fourth-order valence-electron chi connectivity index (χ4n) is 1.18. The first-order valence-corrected chi connectivity index (χ1v) is 5.00. The SMILES string of the molecule is COCC(=O)N[C@@H](CCCCC#N)C(=O)O. The van der Waals surface area contributed by atoms with Crippen molar-refractivity contribution in [3.63, 3.8) is 0 Å². The van der Waals surface area contributed by atoms with Gasteiger partial charge in [-0.05, 0) is 19.3 Å². The zero-order valence-electron chi connectivity index (χ0n) is 9.23. The van der Waals surface area contributed by atoms with Crippen molar-refractivity contribution in [2.75, 3.05) is 13.7 Å². The number of carboxylic acid groups (broad SMARTS) is 1. The first kappa shape index (κ1) is 14.4. The minimum atomic E-state index is -1.07. The summed E-state index contributed by atoms with van der Waals surface area (Å²) >= 11 is 0. The predicted molar refractivity (Wildman–Crippen MR) is 55.5 cm³/mol. The minimum Gasteiger partial charge on any atom is -0.480 e. The summed E-state index contributed by atoms with van der Waals surface area (Å²) in [6.45, 7) is -0.151. The zero-order chi connectivity index (χ0) is 12.4. The van der Waals surface area contributed by atoms with Gasteiger partial charge in [0.2, 0.25) is 5.91 Å². The van der Waals surface area contributed by atoms with Gasteiger partial charge in [0.25, 0.3) is 0 Å². The zero-order valence-corrected chi connectivity index (χ0v) is 9.23. The molecule has 90 valence electrons. The molecule has 0 aromatic carbocycles. The summed E-state index contributed by atoms with van der Waals surface area (Å²) in [6, 6.07) is 1.08. The van der Waals surface area contributed by atoms with E-state index in [-0.39, 0.29) is 6.61 Å². The maximum atomic E-state index is 11.1. The molecule has 0 saturated carbocycles. The van der Waals surface area contributed by atoms with Crippen LogP contribution in [-0.2, 0) is 14.3 Å². The summed E-state index contributed by atoms with van der Waals surface area (Å²) in [5.74, 6) is -1.52. The van der Waals surface area contributed by atoms with Gasteiger partial charge < -0.3 is 15.2 Å². The molecule has 1 amide bonds. The molecule has 0 fully saturated rings. The van der Waals surface area contributed by atoms with Crippen molar-refractivity contribution < 1.29 is 19.4 Å². The van der Waals surface area contributed by atoms with Gasteiger partial charge in [0.1, 0.15) is 12.6 Å². The number of nitrogens with one attached hydrogen (secondary N) is 1. The molecule has 0 aliphatic rings. The van der Waals surface area contributed by atoms with E-state index in [4.69, 9.17) is 10.4 Å². The Morgan fingerprint density at radius 2 is 2.19 bits per heavy atom. The van der Waals surface area contributed by atoms with Gasteiger partial charge in [-0.25, -0.2) is 4.79 Å². The maximum Gasteiger partial charge on any atom is 0.326 e. The van der Waals surface area contributed by atoms with Crippen molar-refractivity contribution in [3.8, 4) is 6.07 Å². The molecule has 0 aliphatic carbocycles. The lowest BCUT2D eigenvalue weighted by molar-refractivity contribution is -0.142. The number of nitriles is 1. The second kappa shape index (κ2) is 8.68. The Morgan fingerprint density at radius 3 is 2.69 bits per heavy atom. The third-order valence-electron chi connectivity index (χ3n) is 1.94. The summed E-state index contributed by atoms with van der Waals surface area (Å²) < 4.78 is 4.58. The van der Waals surface area contributed by atoms with Crippen LogP contribution in [0.2, 0.25) is 0 Å². The van der Waals surface area contributed by atoms with Gasteiger partial charge >= 0.3 is 5.97 Å². The minimum absolute atomic E-state index is 0.151. The van der Waals surface area contributed by atoms with Crippen LogP contribution in [0.15, 0.2) is 0 Å². The second-order valence-electron chi connectivity index (χ2n) is 3.30. The Bertz CT molecular complexity index is 272. The fourth-order valence-corrected chi connectivity index (χ4v) is 1.18. The molecule has 1 atom stereocenters. The van der Waals surface area contributed by atoms with Crippen molar-refractivity contribution >= 4 is 11.9 Å². The van der Waals surface area contributed by atoms with Crippen LogP contribution in [0.5, 0.6) is 0 Å². The van der Waals surface area contributed by atoms with Crippen LogP contribution >= 0.6 is 0 Å². The van der Waals surface area contributed by atoms with E-state index in [1.165, 1.54) is 7.11 Å². The topological polar surface area (TPSA) is 99.4 Å². The smallest absolute Gasteiger partial charge is 0.326 e. The molecular weight excluding hydrogens is 212 g/mol. The molecule has 0 rings (SSSR count). The number of ether oxygens (including phenoxy) is 1. The highest BCUT2D eigenvalue weighted by molar-refractivity contribution is 5.84. The van der Waals surface area contributed by atoms with Crippen LogP contribution in [-0.4, -0.2) is 36.7 Å². The summed E-state index contributed by atoms with van der Waals surface area (Å²) in [4.78, 5) is 21.9. The first-order chi connectivity index (χ1) is 7.61. The number of nitrogens with zero attached hydrogens (tertiary/aromatic N) is 1. The van der Waals surface area contributed by atoms with Crippen molar-refractivity contribution in [1.82, 2.24) is 5.32 Å². The average molecular weight is 228 g/mol. The summed E-state index contributed by atoms with van der Waals surface area (Å²) in [6.07, 6.45) is 1.96. The van der Waals surface area contributed by atoms with E-state index < -0.39 is 17.9 Å². The molecule has 0 aliphatic heterocycles. The van der Waals surface area contributed by atoms with E-state index in [1.54, 1.807) is 0 Å². The molecule has 6 nitrogen and oxygen atoms in total. The number of rotatable bonds is 8. The largest absolute Gasteiger partial charge is 0.480 e. The molecule has 16 heavy (non-hydrogen) atoms. The highest BCUT2D eigenvalue weighted by atomic mass is 16.5. The quantitative estimate of drug-likeness (QED) is 0.581. The van der Waals surface area contributed by atoms with Crippen molar-refractivity contribution in [1.29, 1.82) is 5.26 Å². The van der Waals surface area contributed by atoms with Crippen LogP contribution in [0.25, 0.3) is 0 Å². The van der Waals surface area contributed by atoms with E-state index >= 15 is 0 Å². The number of aliphatic carboxylic acids is 1. The number of methoxy groups -OCH3 is 1. The van der Waals surface area contributed by atoms with Gasteiger partial charge in [-0.2, -0.15) is 5.26 Å². The number of hydrogen-bond donors (Lipinski definition) is 2. The second-order valence-corrected chi connectivity index (χ2v) is 3.30. The Kier molecular flexibility index (Phi) is 7.81. The summed E-state index contributed by atoms with van der Waals surface area (Å²) in [7, 11) is 1.36. The standard InChI is InChI=1S/C10H16N2O4/c1-16-7-9(13)12-8(10(14)15)5-3-2-4-6-11/h8H,2-5,7H2,1H3,(H,12,13)(H,14,15)/t8-/m0/s1. The van der Waals surface area contributed by atoms with Crippen LogP contribution < -0.4 is 5.32 Å². The lowest BCUT2D eigenvalue weighted by Gasteiger charge is -2.13. The predicted octanol–water partition coefficient (Wildman–Crippen LogP) is 0.286. The summed E-state index contributed by atoms with van der Waals surface area (Å²) in [5, 5.41) is 19.5. The van der Waals surface area contributed by atoms with Crippen molar-refractivity contribution in [2.45, 2.75) is 31.7 Å². The molecule has 0 saturated heterocycles. The van der Waals surface area contributed by atoms with Crippen LogP contribution in [0.1, 0.15) is 25.7 Å². The molecule has 0 aromatic heterocycles. The normalized spacial score (nSPS) is 11.5. The van der Waals surface area contributed by atoms with Crippen LogP contribution in [0.3, 0.4) is 0 Å². The summed E-state index contributed by atoms with van der Waals surface area (Å²) in [5.41, 5.74) is 0. The van der Waals surface area contributed by atoms with E-state index in [0.717, 1.165) is 0 Å². The Hall–Kier alpha value is -1.61. The molecule has 0 unspecified atom stereocenters. The van der Waals surface area contributed by atoms with E-state index in [9.17, 15) is 9.59 Å². The van der Waals surface area contributed by atoms with Crippen LogP contribution in [0, 0.1) is 11.3 Å². The number of hydrogen-bond acceptors (Lipinski definition) is 4. The van der Waals surface area contributed by atoms with Gasteiger partial charge in [0.05, 0.1) is 6.07 Å². The van der Waals surface area contributed by atoms with E-state index in [0.29, 0.717) is 25.7 Å². The Labute approximate surface area is 94.2 Å². The maximum absolute atomic E-state index is 11.1. The van der Waals surface area contributed by atoms with E-state index in [1.807, 2.05) is 6.07 Å². The number of carbonyl (C=O) groups is 2. The lowest BCUT2D eigenvalue weighted by atomic mass is 10.1. The monoisotopic (exact) mass is 228 g/mol. The highest BCUT2D eigenvalue weighted by Crippen LogP contribution is 2.03. The third kappa shape index (κ3) is 6.79. The molecule has 0 spiro atoms. The molecule has 0 bridgehead atoms. The number of amides is 1. The molecule has 2 N–H and O–H groups in total. The molecule has 0 aromatic rings. The third-order valence-corrected chi connectivity index (χ3v) is 1.94. The lowest BCUT2D eigenvalue weighted by Crippen LogP contribution is -2.42. The van der Waals surface area contributed by atoms with Gasteiger partial charge in [-0.3, -0.25) is 4.79 Å². The molecular formula is C10H16N2O4. The molecule has 0 heterocycles. The van der Waals surface area contributed by atoms with Gasteiger partial charge in [-0.15, -0.1) is 0 Å². The Balaban J connectivity index is 3.94. The van der Waals surface area contributed by atoms with Crippen LogP contribution in [0.4, 0.5) is 0 Å². The average Bonchev–Trinajstić information content (AvgIpc) is 2.22.